The minimum Gasteiger partial charge on any atom is -0.480 e. The van der Waals surface area contributed by atoms with E-state index in [1.54, 1.807) is 6.92 Å². The third-order valence-corrected chi connectivity index (χ3v) is 2.90. The summed E-state index contributed by atoms with van der Waals surface area (Å²) in [6.45, 7) is 3.78. The van der Waals surface area contributed by atoms with Gasteiger partial charge in [0.25, 0.3) is 0 Å². The second kappa shape index (κ2) is 5.65. The fourth-order valence-electron chi connectivity index (χ4n) is 1.92. The van der Waals surface area contributed by atoms with Crippen molar-refractivity contribution in [1.82, 2.24) is 10.2 Å². The number of carbonyl (C=O) groups excluding carboxylic acids is 2. The van der Waals surface area contributed by atoms with Crippen LogP contribution in [-0.4, -0.2) is 46.4 Å². The van der Waals surface area contributed by atoms with Gasteiger partial charge in [0.05, 0.1) is 0 Å². The van der Waals surface area contributed by atoms with Crippen LogP contribution in [0.5, 0.6) is 0 Å². The highest BCUT2D eigenvalue weighted by Crippen LogP contribution is 2.15. The first-order valence-corrected chi connectivity index (χ1v) is 5.80. The van der Waals surface area contributed by atoms with Gasteiger partial charge in [-0.15, -0.1) is 0 Å². The molecule has 1 aliphatic heterocycles. The van der Waals surface area contributed by atoms with E-state index in [-0.39, 0.29) is 5.91 Å². The van der Waals surface area contributed by atoms with Crippen LogP contribution in [0.2, 0.25) is 0 Å². The summed E-state index contributed by atoms with van der Waals surface area (Å²) >= 11 is 0. The van der Waals surface area contributed by atoms with Crippen molar-refractivity contribution >= 4 is 17.8 Å². The van der Waals surface area contributed by atoms with E-state index in [1.807, 2.05) is 0 Å². The molecule has 1 aliphatic rings. The van der Waals surface area contributed by atoms with Gasteiger partial charge in [0.15, 0.2) is 0 Å². The molecule has 0 spiro atoms. The summed E-state index contributed by atoms with van der Waals surface area (Å²) in [4.78, 5) is 35.5. The Balaban J connectivity index is 2.64. The van der Waals surface area contributed by atoms with Gasteiger partial charge in [-0.3, -0.25) is 14.4 Å². The predicted octanol–water partition coefficient (Wildman–Crippen LogP) is -0.0233. The number of carbonyl (C=O) groups is 3. The van der Waals surface area contributed by atoms with Crippen LogP contribution >= 0.6 is 0 Å². The lowest BCUT2D eigenvalue weighted by atomic mass is 10.1. The molecule has 17 heavy (non-hydrogen) atoms. The Kier molecular flexibility index (Phi) is 4.48. The molecule has 2 amide bonds. The third kappa shape index (κ3) is 3.18. The van der Waals surface area contributed by atoms with Crippen LogP contribution < -0.4 is 5.32 Å². The number of amides is 2. The van der Waals surface area contributed by atoms with Crippen molar-refractivity contribution in [2.45, 2.75) is 45.2 Å². The van der Waals surface area contributed by atoms with Crippen LogP contribution in [0.15, 0.2) is 0 Å². The molecule has 0 aliphatic carbocycles. The Bertz CT molecular complexity index is 329. The molecule has 96 valence electrons. The lowest BCUT2D eigenvalue weighted by Gasteiger charge is -2.26. The molecule has 2 N–H and O–H groups in total. The maximum atomic E-state index is 11.9. The lowest BCUT2D eigenvalue weighted by molar-refractivity contribution is -0.143. The summed E-state index contributed by atoms with van der Waals surface area (Å²) in [6.07, 6.45) is 1.72. The Morgan fingerprint density at radius 1 is 1.53 bits per heavy atom. The Morgan fingerprint density at radius 2 is 2.18 bits per heavy atom. The maximum Gasteiger partial charge on any atom is 0.325 e. The first-order valence-electron chi connectivity index (χ1n) is 5.80. The molecule has 1 heterocycles. The molecule has 0 aromatic heterocycles. The minimum absolute atomic E-state index is 0.0324. The molecule has 0 radical (unpaired) electrons. The van der Waals surface area contributed by atoms with Crippen molar-refractivity contribution in [3.8, 4) is 0 Å². The number of likely N-dealkylation sites (tertiary alicyclic amines) is 1. The summed E-state index contributed by atoms with van der Waals surface area (Å²) in [5.74, 6) is -1.51. The molecular weight excluding hydrogens is 224 g/mol. The van der Waals surface area contributed by atoms with E-state index >= 15 is 0 Å². The largest absolute Gasteiger partial charge is 0.480 e. The Labute approximate surface area is 100.0 Å². The van der Waals surface area contributed by atoms with Crippen LogP contribution in [0.4, 0.5) is 0 Å². The van der Waals surface area contributed by atoms with Crippen molar-refractivity contribution < 1.29 is 19.5 Å². The SMILES string of the molecule is CC[C@H](C(=O)N[C@@H](C)C(=O)O)N1CCCC1=O. The molecule has 6 nitrogen and oxygen atoms in total. The van der Waals surface area contributed by atoms with E-state index in [0.29, 0.717) is 19.4 Å². The fraction of sp³-hybridized carbons (Fsp3) is 0.727. The molecule has 0 saturated carbocycles. The Hall–Kier alpha value is -1.59. The number of carboxylic acid groups (broad SMARTS) is 1. The van der Waals surface area contributed by atoms with Gasteiger partial charge in [-0.1, -0.05) is 6.92 Å². The van der Waals surface area contributed by atoms with E-state index < -0.39 is 24.0 Å². The first-order chi connectivity index (χ1) is 7.97. The smallest absolute Gasteiger partial charge is 0.325 e. The summed E-state index contributed by atoms with van der Waals surface area (Å²) in [5, 5.41) is 11.1. The molecule has 0 aromatic rings. The molecule has 2 atom stereocenters. The van der Waals surface area contributed by atoms with Gasteiger partial charge in [-0.05, 0) is 19.8 Å². The van der Waals surface area contributed by atoms with Crippen LogP contribution in [0.1, 0.15) is 33.1 Å². The van der Waals surface area contributed by atoms with Gasteiger partial charge in [0.2, 0.25) is 11.8 Å². The number of nitrogens with zero attached hydrogens (tertiary/aromatic N) is 1. The Morgan fingerprint density at radius 3 is 2.59 bits per heavy atom. The van der Waals surface area contributed by atoms with E-state index in [2.05, 4.69) is 5.32 Å². The molecule has 6 heteroatoms. The third-order valence-electron chi connectivity index (χ3n) is 2.90. The average Bonchev–Trinajstić information content (AvgIpc) is 2.66. The predicted molar refractivity (Wildman–Crippen MR) is 60.3 cm³/mol. The molecule has 0 unspecified atom stereocenters. The van der Waals surface area contributed by atoms with Crippen LogP contribution in [0, 0.1) is 0 Å². The molecule has 0 aromatic carbocycles. The number of nitrogens with one attached hydrogen (secondary N) is 1. The lowest BCUT2D eigenvalue weighted by Crippen LogP contribution is -2.50. The summed E-state index contributed by atoms with van der Waals surface area (Å²) in [6, 6.07) is -1.49. The number of aliphatic carboxylic acids is 1. The van der Waals surface area contributed by atoms with E-state index in [4.69, 9.17) is 5.11 Å². The number of carboxylic acids is 1. The first kappa shape index (κ1) is 13.5. The average molecular weight is 242 g/mol. The summed E-state index contributed by atoms with van der Waals surface area (Å²) in [5.41, 5.74) is 0. The number of hydrogen-bond acceptors (Lipinski definition) is 3. The second-order valence-electron chi connectivity index (χ2n) is 4.18. The highest BCUT2D eigenvalue weighted by molar-refractivity contribution is 5.90. The molecule has 1 saturated heterocycles. The van der Waals surface area contributed by atoms with E-state index in [9.17, 15) is 14.4 Å². The van der Waals surface area contributed by atoms with Gasteiger partial charge in [-0.25, -0.2) is 0 Å². The number of rotatable bonds is 5. The normalized spacial score (nSPS) is 18.9. The van der Waals surface area contributed by atoms with Crippen LogP contribution in [-0.2, 0) is 14.4 Å². The van der Waals surface area contributed by atoms with Gasteiger partial charge in [0, 0.05) is 13.0 Å². The summed E-state index contributed by atoms with van der Waals surface area (Å²) < 4.78 is 0. The zero-order valence-corrected chi connectivity index (χ0v) is 10.1. The molecule has 1 rings (SSSR count). The standard InChI is InChI=1S/C11H18N2O4/c1-3-8(13-6-4-5-9(13)14)10(15)12-7(2)11(16)17/h7-8H,3-6H2,1-2H3,(H,12,15)(H,16,17)/t7-,8+/m0/s1. The minimum atomic E-state index is -1.08. The van der Waals surface area contributed by atoms with Crippen molar-refractivity contribution in [1.29, 1.82) is 0 Å². The zero-order valence-electron chi connectivity index (χ0n) is 10.1. The van der Waals surface area contributed by atoms with Gasteiger partial charge in [0.1, 0.15) is 12.1 Å². The topological polar surface area (TPSA) is 86.7 Å². The van der Waals surface area contributed by atoms with Gasteiger partial charge < -0.3 is 15.3 Å². The second-order valence-corrected chi connectivity index (χ2v) is 4.18. The van der Waals surface area contributed by atoms with E-state index in [1.165, 1.54) is 11.8 Å². The zero-order chi connectivity index (χ0) is 13.0. The van der Waals surface area contributed by atoms with Crippen molar-refractivity contribution in [3.63, 3.8) is 0 Å². The van der Waals surface area contributed by atoms with E-state index in [0.717, 1.165) is 6.42 Å². The van der Waals surface area contributed by atoms with Crippen molar-refractivity contribution in [2.24, 2.45) is 0 Å². The summed E-state index contributed by atoms with van der Waals surface area (Å²) in [7, 11) is 0. The van der Waals surface area contributed by atoms with Gasteiger partial charge >= 0.3 is 5.97 Å². The fourth-order valence-corrected chi connectivity index (χ4v) is 1.92. The molecule has 1 fully saturated rings. The highest BCUT2D eigenvalue weighted by Gasteiger charge is 2.32. The highest BCUT2D eigenvalue weighted by atomic mass is 16.4. The molecule has 0 bridgehead atoms. The number of hydrogen-bond donors (Lipinski definition) is 2. The monoisotopic (exact) mass is 242 g/mol. The van der Waals surface area contributed by atoms with Crippen molar-refractivity contribution in [3.05, 3.63) is 0 Å². The maximum absolute atomic E-state index is 11.9. The van der Waals surface area contributed by atoms with Crippen LogP contribution in [0.3, 0.4) is 0 Å². The van der Waals surface area contributed by atoms with Crippen LogP contribution in [0.25, 0.3) is 0 Å². The molecular formula is C11H18N2O4. The van der Waals surface area contributed by atoms with Crippen molar-refractivity contribution in [2.75, 3.05) is 6.54 Å². The van der Waals surface area contributed by atoms with Gasteiger partial charge in [-0.2, -0.15) is 0 Å². The quantitative estimate of drug-likeness (QED) is 0.709.